The normalized spacial score (nSPS) is 10.9. The van der Waals surface area contributed by atoms with Crippen molar-refractivity contribution in [3.8, 4) is 12.3 Å². The second-order valence-electron chi connectivity index (χ2n) is 2.59. The van der Waals surface area contributed by atoms with Crippen molar-refractivity contribution < 1.29 is 19.5 Å². The third-order valence-electron chi connectivity index (χ3n) is 1.36. The van der Waals surface area contributed by atoms with Gasteiger partial charge in [-0.15, -0.1) is 6.42 Å². The summed E-state index contributed by atoms with van der Waals surface area (Å²) in [5.41, 5.74) is 4.80. The van der Waals surface area contributed by atoms with Gasteiger partial charge in [-0.1, -0.05) is 5.92 Å². The number of nitrogens with one attached hydrogen (secondary N) is 2. The van der Waals surface area contributed by atoms with E-state index >= 15 is 0 Å². The van der Waals surface area contributed by atoms with E-state index in [9.17, 15) is 14.4 Å². The third-order valence-corrected chi connectivity index (χ3v) is 1.36. The van der Waals surface area contributed by atoms with Crippen LogP contribution in [-0.2, 0) is 9.59 Å². The minimum absolute atomic E-state index is 0.0330. The van der Waals surface area contributed by atoms with Gasteiger partial charge in [-0.2, -0.15) is 0 Å². The SMILES string of the molecule is C#CCNC(=O)N[C@H](CC(N)=O)C(=O)O. The van der Waals surface area contributed by atoms with Crippen LogP contribution in [0.3, 0.4) is 0 Å². The van der Waals surface area contributed by atoms with Crippen molar-refractivity contribution in [3.05, 3.63) is 0 Å². The molecule has 3 amide bonds. The molecule has 7 heteroatoms. The molecule has 0 fully saturated rings. The molecule has 0 unspecified atom stereocenters. The number of amides is 3. The number of primary amides is 1. The molecule has 0 rings (SSSR count). The zero-order valence-electron chi connectivity index (χ0n) is 7.82. The second kappa shape index (κ2) is 6.26. The number of carbonyl (C=O) groups is 3. The number of urea groups is 1. The van der Waals surface area contributed by atoms with Crippen molar-refractivity contribution in [2.75, 3.05) is 6.54 Å². The molecule has 5 N–H and O–H groups in total. The summed E-state index contributed by atoms with van der Waals surface area (Å²) in [5, 5.41) is 12.8. The molecule has 0 aromatic rings. The first kappa shape index (κ1) is 12.8. The highest BCUT2D eigenvalue weighted by Crippen LogP contribution is 1.91. The Hall–Kier alpha value is -2.23. The van der Waals surface area contributed by atoms with Crippen LogP contribution in [0.5, 0.6) is 0 Å². The van der Waals surface area contributed by atoms with Crippen molar-refractivity contribution in [2.45, 2.75) is 12.5 Å². The van der Waals surface area contributed by atoms with Gasteiger partial charge in [-0.25, -0.2) is 9.59 Å². The summed E-state index contributed by atoms with van der Waals surface area (Å²) < 4.78 is 0. The number of aliphatic carboxylic acids is 1. The Balaban J connectivity index is 4.17. The van der Waals surface area contributed by atoms with Crippen molar-refractivity contribution in [1.82, 2.24) is 10.6 Å². The van der Waals surface area contributed by atoms with Crippen molar-refractivity contribution in [1.29, 1.82) is 0 Å². The molecule has 82 valence electrons. The monoisotopic (exact) mass is 213 g/mol. The molecule has 1 atom stereocenters. The van der Waals surface area contributed by atoms with Crippen LogP contribution < -0.4 is 16.4 Å². The molecule has 0 aromatic carbocycles. The highest BCUT2D eigenvalue weighted by molar-refractivity contribution is 5.87. The van der Waals surface area contributed by atoms with E-state index in [1.165, 1.54) is 0 Å². The number of carboxylic acid groups (broad SMARTS) is 1. The number of hydrogen-bond donors (Lipinski definition) is 4. The van der Waals surface area contributed by atoms with Gasteiger partial charge in [-0.3, -0.25) is 4.79 Å². The van der Waals surface area contributed by atoms with Gasteiger partial charge in [0.15, 0.2) is 0 Å². The average molecular weight is 213 g/mol. The Labute approximate surface area is 86.0 Å². The van der Waals surface area contributed by atoms with Gasteiger partial charge >= 0.3 is 12.0 Å². The highest BCUT2D eigenvalue weighted by atomic mass is 16.4. The summed E-state index contributed by atoms with van der Waals surface area (Å²) in [6.07, 6.45) is 4.39. The molecule has 0 heterocycles. The molecule has 15 heavy (non-hydrogen) atoms. The molecule has 0 aliphatic rings. The first-order valence-electron chi connectivity index (χ1n) is 3.96. The van der Waals surface area contributed by atoms with Crippen LogP contribution >= 0.6 is 0 Å². The first-order valence-corrected chi connectivity index (χ1v) is 3.96. The largest absolute Gasteiger partial charge is 0.480 e. The van der Waals surface area contributed by atoms with Crippen LogP contribution in [0.4, 0.5) is 4.79 Å². The summed E-state index contributed by atoms with van der Waals surface area (Å²) in [5.74, 6) is -0.0318. The minimum Gasteiger partial charge on any atom is -0.480 e. The van der Waals surface area contributed by atoms with Gasteiger partial charge in [0.2, 0.25) is 5.91 Å². The fraction of sp³-hybridized carbons (Fsp3) is 0.375. The van der Waals surface area contributed by atoms with Crippen LogP contribution in [0.2, 0.25) is 0 Å². The molecule has 0 aliphatic carbocycles. The Morgan fingerprint density at radius 2 is 2.07 bits per heavy atom. The number of nitrogens with two attached hydrogens (primary N) is 1. The summed E-state index contributed by atoms with van der Waals surface area (Å²) in [6, 6.07) is -2.11. The van der Waals surface area contributed by atoms with Gasteiger partial charge in [0.05, 0.1) is 13.0 Å². The number of carbonyl (C=O) groups excluding carboxylic acids is 2. The predicted octanol–water partition coefficient (Wildman–Crippen LogP) is -1.75. The Kier molecular flexibility index (Phi) is 5.33. The molecule has 0 saturated carbocycles. The Morgan fingerprint density at radius 3 is 2.47 bits per heavy atom. The fourth-order valence-electron chi connectivity index (χ4n) is 0.742. The van der Waals surface area contributed by atoms with Gasteiger partial charge in [0, 0.05) is 0 Å². The standard InChI is InChI=1S/C8H11N3O4/c1-2-3-10-8(15)11-5(7(13)14)4-6(9)12/h1,5H,3-4H2,(H2,9,12)(H,13,14)(H2,10,11,15)/t5-/m1/s1. The second-order valence-corrected chi connectivity index (χ2v) is 2.59. The highest BCUT2D eigenvalue weighted by Gasteiger charge is 2.21. The fourth-order valence-corrected chi connectivity index (χ4v) is 0.742. The molecule has 0 radical (unpaired) electrons. The van der Waals surface area contributed by atoms with E-state index in [0.29, 0.717) is 0 Å². The van der Waals surface area contributed by atoms with Gasteiger partial charge in [0.1, 0.15) is 6.04 Å². The molecule has 0 aliphatic heterocycles. The predicted molar refractivity (Wildman–Crippen MR) is 50.6 cm³/mol. The molecule has 0 aromatic heterocycles. The lowest BCUT2D eigenvalue weighted by molar-refractivity contribution is -0.140. The van der Waals surface area contributed by atoms with Crippen LogP contribution in [0.1, 0.15) is 6.42 Å². The lowest BCUT2D eigenvalue weighted by Crippen LogP contribution is -2.47. The maximum absolute atomic E-state index is 11.0. The summed E-state index contributed by atoms with van der Waals surface area (Å²) in [6.45, 7) is -0.0330. The zero-order chi connectivity index (χ0) is 11.8. The van der Waals surface area contributed by atoms with Crippen LogP contribution in [0.15, 0.2) is 0 Å². The van der Waals surface area contributed by atoms with Crippen molar-refractivity contribution >= 4 is 17.9 Å². The summed E-state index contributed by atoms with van der Waals surface area (Å²) in [7, 11) is 0. The summed E-state index contributed by atoms with van der Waals surface area (Å²) in [4.78, 5) is 32.0. The van der Waals surface area contributed by atoms with Crippen LogP contribution in [-0.4, -0.2) is 35.6 Å². The Morgan fingerprint density at radius 1 is 1.47 bits per heavy atom. The minimum atomic E-state index is -1.35. The number of carboxylic acids is 1. The lowest BCUT2D eigenvalue weighted by atomic mass is 10.2. The molecule has 0 saturated heterocycles. The van der Waals surface area contributed by atoms with Crippen molar-refractivity contribution in [3.63, 3.8) is 0 Å². The van der Waals surface area contributed by atoms with E-state index < -0.39 is 30.4 Å². The van der Waals surface area contributed by atoms with E-state index in [-0.39, 0.29) is 6.54 Å². The molecular formula is C8H11N3O4. The van der Waals surface area contributed by atoms with Crippen LogP contribution in [0.25, 0.3) is 0 Å². The van der Waals surface area contributed by atoms with Crippen molar-refractivity contribution in [2.24, 2.45) is 5.73 Å². The van der Waals surface area contributed by atoms with Gasteiger partial charge in [0.25, 0.3) is 0 Å². The van der Waals surface area contributed by atoms with E-state index in [1.54, 1.807) is 0 Å². The van der Waals surface area contributed by atoms with Crippen LogP contribution in [0, 0.1) is 12.3 Å². The number of rotatable bonds is 5. The number of hydrogen-bond acceptors (Lipinski definition) is 3. The first-order chi connectivity index (χ1) is 6.97. The molecule has 0 bridgehead atoms. The quantitative estimate of drug-likeness (QED) is 0.404. The van der Waals surface area contributed by atoms with E-state index in [2.05, 4.69) is 11.2 Å². The average Bonchev–Trinajstić information content (AvgIpc) is 2.12. The molecule has 7 nitrogen and oxygen atoms in total. The van der Waals surface area contributed by atoms with E-state index in [0.717, 1.165) is 0 Å². The maximum Gasteiger partial charge on any atom is 0.326 e. The zero-order valence-corrected chi connectivity index (χ0v) is 7.82. The third kappa shape index (κ3) is 5.93. The molecular weight excluding hydrogens is 202 g/mol. The van der Waals surface area contributed by atoms with Gasteiger partial charge in [-0.05, 0) is 0 Å². The maximum atomic E-state index is 11.0. The van der Waals surface area contributed by atoms with Gasteiger partial charge < -0.3 is 21.5 Å². The molecule has 0 spiro atoms. The smallest absolute Gasteiger partial charge is 0.326 e. The summed E-state index contributed by atoms with van der Waals surface area (Å²) >= 11 is 0. The number of terminal acetylenes is 1. The van der Waals surface area contributed by atoms with E-state index in [1.807, 2.05) is 5.32 Å². The lowest BCUT2D eigenvalue weighted by Gasteiger charge is -2.12. The Bertz CT molecular complexity index is 307. The topological polar surface area (TPSA) is 122 Å². The van der Waals surface area contributed by atoms with E-state index in [4.69, 9.17) is 17.3 Å².